The second kappa shape index (κ2) is 2.46. The minimum atomic E-state index is -3.28. The monoisotopic (exact) mass is 167 g/mol. The van der Waals surface area contributed by atoms with Gasteiger partial charge in [-0.05, 0) is 0 Å². The molecule has 0 spiro atoms. The number of hydroxylamine groups is 1. The van der Waals surface area contributed by atoms with E-state index < -0.39 is 16.1 Å². The highest BCUT2D eigenvalue weighted by Crippen LogP contribution is 2.08. The SMILES string of the molecule is CS(=O)(=O)N1C[C@H](O)CO1. The summed E-state index contributed by atoms with van der Waals surface area (Å²) in [5.74, 6) is 0. The van der Waals surface area contributed by atoms with Crippen molar-refractivity contribution < 1.29 is 18.4 Å². The molecule has 0 amide bonds. The predicted octanol–water partition coefficient (Wildman–Crippen LogP) is -1.45. The van der Waals surface area contributed by atoms with Crippen molar-refractivity contribution in [3.63, 3.8) is 0 Å². The highest BCUT2D eigenvalue weighted by molar-refractivity contribution is 7.88. The molecular weight excluding hydrogens is 158 g/mol. The van der Waals surface area contributed by atoms with Gasteiger partial charge in [0.15, 0.2) is 0 Å². The lowest BCUT2D eigenvalue weighted by Crippen LogP contribution is -2.27. The summed E-state index contributed by atoms with van der Waals surface area (Å²) in [4.78, 5) is 4.62. The van der Waals surface area contributed by atoms with Crippen LogP contribution in [-0.2, 0) is 14.9 Å². The van der Waals surface area contributed by atoms with Crippen LogP contribution in [0.15, 0.2) is 0 Å². The Labute approximate surface area is 59.2 Å². The number of rotatable bonds is 1. The number of aliphatic hydroxyl groups is 1. The summed E-state index contributed by atoms with van der Waals surface area (Å²) < 4.78 is 22.1. The molecule has 0 radical (unpaired) electrons. The van der Waals surface area contributed by atoms with E-state index in [0.717, 1.165) is 10.7 Å². The Morgan fingerprint density at radius 1 is 1.70 bits per heavy atom. The highest BCUT2D eigenvalue weighted by Gasteiger charge is 2.28. The fourth-order valence-corrected chi connectivity index (χ4v) is 1.37. The molecule has 1 N–H and O–H groups in total. The Bertz CT molecular complexity index is 211. The van der Waals surface area contributed by atoms with Crippen LogP contribution in [0.3, 0.4) is 0 Å². The summed E-state index contributed by atoms with van der Waals surface area (Å²) in [5.41, 5.74) is 0. The summed E-state index contributed by atoms with van der Waals surface area (Å²) in [7, 11) is -3.28. The average Bonchev–Trinajstić information content (AvgIpc) is 2.11. The molecule has 60 valence electrons. The molecule has 0 aromatic rings. The first-order valence-corrected chi connectivity index (χ1v) is 4.63. The fraction of sp³-hybridized carbons (Fsp3) is 1.00. The zero-order chi connectivity index (χ0) is 7.78. The van der Waals surface area contributed by atoms with Crippen LogP contribution in [0.5, 0.6) is 0 Å². The van der Waals surface area contributed by atoms with Crippen LogP contribution in [-0.4, -0.2) is 43.5 Å². The minimum absolute atomic E-state index is 0.0405. The van der Waals surface area contributed by atoms with E-state index in [9.17, 15) is 8.42 Å². The van der Waals surface area contributed by atoms with Crippen LogP contribution in [0.25, 0.3) is 0 Å². The van der Waals surface area contributed by atoms with Crippen LogP contribution < -0.4 is 0 Å². The summed E-state index contributed by atoms with van der Waals surface area (Å²) in [6.45, 7) is 0.103. The maximum atomic E-state index is 10.7. The molecule has 1 aliphatic heterocycles. The molecule has 0 saturated carbocycles. The van der Waals surface area contributed by atoms with Crippen LogP contribution >= 0.6 is 0 Å². The lowest BCUT2D eigenvalue weighted by atomic mass is 10.4. The molecule has 6 heteroatoms. The van der Waals surface area contributed by atoms with Gasteiger partial charge < -0.3 is 5.11 Å². The molecule has 1 atom stereocenters. The molecule has 5 nitrogen and oxygen atoms in total. The highest BCUT2D eigenvalue weighted by atomic mass is 32.2. The molecule has 10 heavy (non-hydrogen) atoms. The molecular formula is C4H9NO4S. The third-order valence-electron chi connectivity index (χ3n) is 1.14. The Balaban J connectivity index is 2.62. The lowest BCUT2D eigenvalue weighted by molar-refractivity contribution is -0.0309. The van der Waals surface area contributed by atoms with Gasteiger partial charge in [-0.1, -0.05) is 4.47 Å². The number of hydrogen-bond donors (Lipinski definition) is 1. The maximum Gasteiger partial charge on any atom is 0.233 e. The Kier molecular flexibility index (Phi) is 1.95. The van der Waals surface area contributed by atoms with Crippen LogP contribution in [0.2, 0.25) is 0 Å². The number of sulfonamides is 1. The van der Waals surface area contributed by atoms with E-state index in [0.29, 0.717) is 0 Å². The summed E-state index contributed by atoms with van der Waals surface area (Å²) in [6.07, 6.45) is 0.347. The van der Waals surface area contributed by atoms with Gasteiger partial charge in [-0.3, -0.25) is 4.84 Å². The van der Waals surface area contributed by atoms with E-state index in [2.05, 4.69) is 4.84 Å². The molecule has 0 bridgehead atoms. The van der Waals surface area contributed by atoms with Gasteiger partial charge in [0, 0.05) is 0 Å². The van der Waals surface area contributed by atoms with Crippen molar-refractivity contribution in [3.05, 3.63) is 0 Å². The van der Waals surface area contributed by atoms with E-state index in [1.165, 1.54) is 0 Å². The number of nitrogens with zero attached hydrogens (tertiary/aromatic N) is 1. The molecule has 1 heterocycles. The minimum Gasteiger partial charge on any atom is -0.389 e. The first kappa shape index (κ1) is 7.93. The van der Waals surface area contributed by atoms with Crippen molar-refractivity contribution in [1.29, 1.82) is 0 Å². The number of hydrogen-bond acceptors (Lipinski definition) is 4. The number of β-amino-alcohol motifs (C(OH)–C–C–N with tert-alkyl or cyclic N) is 1. The molecule has 0 aromatic heterocycles. The van der Waals surface area contributed by atoms with Crippen molar-refractivity contribution in [3.8, 4) is 0 Å². The van der Waals surface area contributed by atoms with Crippen molar-refractivity contribution in [2.45, 2.75) is 6.10 Å². The predicted molar refractivity (Wildman–Crippen MR) is 33.5 cm³/mol. The second-order valence-corrected chi connectivity index (χ2v) is 4.07. The second-order valence-electron chi connectivity index (χ2n) is 2.20. The zero-order valence-corrected chi connectivity index (χ0v) is 6.34. The smallest absolute Gasteiger partial charge is 0.233 e. The van der Waals surface area contributed by atoms with E-state index in [4.69, 9.17) is 5.11 Å². The van der Waals surface area contributed by atoms with Crippen LogP contribution in [0.1, 0.15) is 0 Å². The maximum absolute atomic E-state index is 10.7. The van der Waals surface area contributed by atoms with E-state index >= 15 is 0 Å². The van der Waals surface area contributed by atoms with E-state index in [-0.39, 0.29) is 13.2 Å². The molecule has 1 aliphatic rings. The van der Waals surface area contributed by atoms with Crippen molar-refractivity contribution in [2.75, 3.05) is 19.4 Å². The van der Waals surface area contributed by atoms with Crippen molar-refractivity contribution in [1.82, 2.24) is 4.47 Å². The van der Waals surface area contributed by atoms with Gasteiger partial charge in [0.1, 0.15) is 0 Å². The quantitative estimate of drug-likeness (QED) is 0.519. The molecule has 1 rings (SSSR count). The normalized spacial score (nSPS) is 29.2. The third kappa shape index (κ3) is 1.66. The fourth-order valence-electron chi connectivity index (χ4n) is 0.678. The first-order chi connectivity index (χ1) is 4.50. The molecule has 1 fully saturated rings. The molecule has 0 aliphatic carbocycles. The van der Waals surface area contributed by atoms with Crippen LogP contribution in [0.4, 0.5) is 0 Å². The van der Waals surface area contributed by atoms with Gasteiger partial charge in [-0.25, -0.2) is 8.42 Å². The first-order valence-electron chi connectivity index (χ1n) is 2.79. The van der Waals surface area contributed by atoms with Gasteiger partial charge >= 0.3 is 0 Å². The van der Waals surface area contributed by atoms with E-state index in [1.807, 2.05) is 0 Å². The number of aliphatic hydroxyl groups excluding tert-OH is 1. The van der Waals surface area contributed by atoms with Gasteiger partial charge in [0.2, 0.25) is 10.0 Å². The molecule has 1 saturated heterocycles. The Hall–Kier alpha value is -0.170. The van der Waals surface area contributed by atoms with Crippen LogP contribution in [0, 0.1) is 0 Å². The lowest BCUT2D eigenvalue weighted by Gasteiger charge is -2.08. The Morgan fingerprint density at radius 3 is 2.50 bits per heavy atom. The van der Waals surface area contributed by atoms with Gasteiger partial charge in [0.05, 0.1) is 25.5 Å². The van der Waals surface area contributed by atoms with Crippen molar-refractivity contribution >= 4 is 10.0 Å². The molecule has 0 unspecified atom stereocenters. The largest absolute Gasteiger partial charge is 0.389 e. The summed E-state index contributed by atoms with van der Waals surface area (Å²) >= 11 is 0. The Morgan fingerprint density at radius 2 is 2.30 bits per heavy atom. The average molecular weight is 167 g/mol. The van der Waals surface area contributed by atoms with Gasteiger partial charge in [-0.15, -0.1) is 0 Å². The zero-order valence-electron chi connectivity index (χ0n) is 5.52. The molecule has 0 aromatic carbocycles. The van der Waals surface area contributed by atoms with Gasteiger partial charge in [-0.2, -0.15) is 0 Å². The van der Waals surface area contributed by atoms with E-state index in [1.54, 1.807) is 0 Å². The summed E-state index contributed by atoms with van der Waals surface area (Å²) in [5, 5.41) is 8.83. The topological polar surface area (TPSA) is 66.8 Å². The van der Waals surface area contributed by atoms with Crippen molar-refractivity contribution in [2.24, 2.45) is 0 Å². The third-order valence-corrected chi connectivity index (χ3v) is 2.13. The van der Waals surface area contributed by atoms with Gasteiger partial charge in [0.25, 0.3) is 0 Å². The summed E-state index contributed by atoms with van der Waals surface area (Å²) in [6, 6.07) is 0. The standard InChI is InChI=1S/C4H9NO4S/c1-10(7,8)5-2-4(6)3-9-5/h4,6H,2-3H2,1H3/t4-/m0/s1.